The zero-order chi connectivity index (χ0) is 20.5. The van der Waals surface area contributed by atoms with Gasteiger partial charge < -0.3 is 25.4 Å². The number of hydrogen-bond acceptors (Lipinski definition) is 9. The van der Waals surface area contributed by atoms with Gasteiger partial charge in [0, 0.05) is 11.6 Å². The van der Waals surface area contributed by atoms with Crippen molar-refractivity contribution >= 4 is 28.6 Å². The van der Waals surface area contributed by atoms with Crippen molar-refractivity contribution in [2.45, 2.75) is 31.1 Å². The minimum atomic E-state index is -1.24. The predicted octanol–water partition coefficient (Wildman–Crippen LogP) is 0.575. The van der Waals surface area contributed by atoms with Crippen molar-refractivity contribution in [2.24, 2.45) is 0 Å². The number of benzene rings is 1. The van der Waals surface area contributed by atoms with Gasteiger partial charge in [0.05, 0.1) is 24.6 Å². The molecule has 1 fully saturated rings. The second kappa shape index (κ2) is 7.90. The van der Waals surface area contributed by atoms with Crippen molar-refractivity contribution in [3.8, 4) is 6.07 Å². The standard InChI is InChI=1S/C18H17ClN6O4/c19-11-3-9(4-20)1-2-10(11)5-21-16-13-17(23-7-22-16)25(8-24-13)18-15(28)14(27)12(6-26)29-18/h1-3,7-8,12,14-15,18,26-28H,5-6H2,(H,21,22,23)/t12-,14-,15-,18-/m1/s1. The third-order valence-corrected chi connectivity index (χ3v) is 5.13. The fourth-order valence-electron chi connectivity index (χ4n) is 3.22. The molecule has 1 saturated heterocycles. The summed E-state index contributed by atoms with van der Waals surface area (Å²) in [6.07, 6.45) is -1.54. The lowest BCUT2D eigenvalue weighted by Crippen LogP contribution is -2.33. The Morgan fingerprint density at radius 1 is 1.24 bits per heavy atom. The number of aliphatic hydroxyl groups is 3. The smallest absolute Gasteiger partial charge is 0.167 e. The number of aromatic nitrogens is 4. The highest BCUT2D eigenvalue weighted by molar-refractivity contribution is 6.31. The molecular weight excluding hydrogens is 400 g/mol. The summed E-state index contributed by atoms with van der Waals surface area (Å²) in [7, 11) is 0. The molecule has 10 nitrogen and oxygen atoms in total. The Labute approximate surface area is 170 Å². The van der Waals surface area contributed by atoms with Crippen LogP contribution in [0.2, 0.25) is 5.02 Å². The zero-order valence-corrected chi connectivity index (χ0v) is 15.7. The summed E-state index contributed by atoms with van der Waals surface area (Å²) in [4.78, 5) is 12.7. The van der Waals surface area contributed by atoms with Crippen LogP contribution in [0.25, 0.3) is 11.2 Å². The Morgan fingerprint density at radius 3 is 2.76 bits per heavy atom. The Bertz CT molecular complexity index is 1080. The molecule has 150 valence electrons. The van der Waals surface area contributed by atoms with Crippen molar-refractivity contribution in [1.29, 1.82) is 5.26 Å². The second-order valence-corrected chi connectivity index (χ2v) is 6.95. The molecule has 2 aromatic heterocycles. The van der Waals surface area contributed by atoms with Gasteiger partial charge >= 0.3 is 0 Å². The van der Waals surface area contributed by atoms with Crippen LogP contribution < -0.4 is 5.32 Å². The lowest BCUT2D eigenvalue weighted by molar-refractivity contribution is -0.0511. The van der Waals surface area contributed by atoms with Gasteiger partial charge in [-0.2, -0.15) is 5.26 Å². The SMILES string of the molecule is N#Cc1ccc(CNc2ncnc3c2ncn3[C@@H]2O[C@H](CO)[C@@H](O)[C@H]2O)c(Cl)c1. The highest BCUT2D eigenvalue weighted by atomic mass is 35.5. The third-order valence-electron chi connectivity index (χ3n) is 4.78. The topological polar surface area (TPSA) is 149 Å². The van der Waals surface area contributed by atoms with Crippen LogP contribution in [-0.4, -0.2) is 59.8 Å². The summed E-state index contributed by atoms with van der Waals surface area (Å²) in [6, 6.07) is 7.05. The third kappa shape index (κ3) is 3.50. The van der Waals surface area contributed by atoms with Gasteiger partial charge in [-0.25, -0.2) is 15.0 Å². The van der Waals surface area contributed by atoms with Gasteiger partial charge in [-0.1, -0.05) is 17.7 Å². The highest BCUT2D eigenvalue weighted by Crippen LogP contribution is 2.32. The maximum Gasteiger partial charge on any atom is 0.167 e. The quantitative estimate of drug-likeness (QED) is 0.468. The number of aliphatic hydroxyl groups excluding tert-OH is 3. The van der Waals surface area contributed by atoms with Crippen LogP contribution >= 0.6 is 11.6 Å². The van der Waals surface area contributed by atoms with Crippen LogP contribution in [0.3, 0.4) is 0 Å². The summed E-state index contributed by atoms with van der Waals surface area (Å²) in [5, 5.41) is 42.0. The zero-order valence-electron chi connectivity index (χ0n) is 15.0. The van der Waals surface area contributed by atoms with E-state index in [0.717, 1.165) is 5.56 Å². The summed E-state index contributed by atoms with van der Waals surface area (Å²) in [5.41, 5.74) is 2.08. The van der Waals surface area contributed by atoms with Crippen LogP contribution in [-0.2, 0) is 11.3 Å². The Morgan fingerprint density at radius 2 is 2.07 bits per heavy atom. The van der Waals surface area contributed by atoms with E-state index in [-0.39, 0.29) is 0 Å². The van der Waals surface area contributed by atoms with Gasteiger partial charge in [-0.05, 0) is 17.7 Å². The van der Waals surface area contributed by atoms with Crippen molar-refractivity contribution in [3.05, 3.63) is 47.0 Å². The average Bonchev–Trinajstić information content (AvgIpc) is 3.28. The van der Waals surface area contributed by atoms with E-state index in [4.69, 9.17) is 21.6 Å². The largest absolute Gasteiger partial charge is 0.394 e. The van der Waals surface area contributed by atoms with E-state index in [1.807, 2.05) is 6.07 Å². The Kier molecular flexibility index (Phi) is 5.31. The lowest BCUT2D eigenvalue weighted by atomic mass is 10.1. The molecule has 29 heavy (non-hydrogen) atoms. The van der Waals surface area contributed by atoms with Crippen LogP contribution in [0.15, 0.2) is 30.9 Å². The number of imidazole rings is 1. The van der Waals surface area contributed by atoms with Crippen LogP contribution in [0.5, 0.6) is 0 Å². The number of nitrogens with zero attached hydrogens (tertiary/aromatic N) is 5. The van der Waals surface area contributed by atoms with Gasteiger partial charge in [0.15, 0.2) is 23.2 Å². The van der Waals surface area contributed by atoms with Crippen LogP contribution in [0.4, 0.5) is 5.82 Å². The molecular formula is C18H17ClN6O4. The lowest BCUT2D eigenvalue weighted by Gasteiger charge is -2.16. The number of fused-ring (bicyclic) bond motifs is 1. The van der Waals surface area contributed by atoms with E-state index in [0.29, 0.717) is 34.1 Å². The van der Waals surface area contributed by atoms with Gasteiger partial charge in [-0.15, -0.1) is 0 Å². The maximum atomic E-state index is 10.3. The molecule has 0 radical (unpaired) electrons. The highest BCUT2D eigenvalue weighted by Gasteiger charge is 2.44. The maximum absolute atomic E-state index is 10.3. The van der Waals surface area contributed by atoms with Crippen molar-refractivity contribution in [2.75, 3.05) is 11.9 Å². The molecule has 0 unspecified atom stereocenters. The van der Waals surface area contributed by atoms with Gasteiger partial charge in [0.25, 0.3) is 0 Å². The molecule has 4 N–H and O–H groups in total. The molecule has 4 rings (SSSR count). The van der Waals surface area contributed by atoms with E-state index in [1.165, 1.54) is 17.2 Å². The number of halogens is 1. The molecule has 0 saturated carbocycles. The minimum Gasteiger partial charge on any atom is -0.394 e. The van der Waals surface area contributed by atoms with Gasteiger partial charge in [0.1, 0.15) is 24.6 Å². The molecule has 3 heterocycles. The number of rotatable bonds is 5. The number of ether oxygens (including phenoxy) is 1. The number of anilines is 1. The van der Waals surface area contributed by atoms with E-state index in [2.05, 4.69) is 20.3 Å². The van der Waals surface area contributed by atoms with E-state index < -0.39 is 31.1 Å². The number of nitriles is 1. The van der Waals surface area contributed by atoms with Crippen LogP contribution in [0, 0.1) is 11.3 Å². The molecule has 11 heteroatoms. The van der Waals surface area contributed by atoms with E-state index >= 15 is 0 Å². The first-order valence-corrected chi connectivity index (χ1v) is 9.13. The Balaban J connectivity index is 1.59. The van der Waals surface area contributed by atoms with E-state index in [1.54, 1.807) is 18.2 Å². The number of hydrogen-bond donors (Lipinski definition) is 4. The molecule has 0 bridgehead atoms. The molecule has 1 aliphatic rings. The van der Waals surface area contributed by atoms with Gasteiger partial charge in [-0.3, -0.25) is 4.57 Å². The first-order chi connectivity index (χ1) is 14.0. The fraction of sp³-hybridized carbons (Fsp3) is 0.333. The summed E-state index contributed by atoms with van der Waals surface area (Å²) < 4.78 is 7.03. The van der Waals surface area contributed by atoms with Crippen LogP contribution in [0.1, 0.15) is 17.4 Å². The van der Waals surface area contributed by atoms with E-state index in [9.17, 15) is 15.3 Å². The predicted molar refractivity (Wildman–Crippen MR) is 102 cm³/mol. The summed E-state index contributed by atoms with van der Waals surface area (Å²) in [6.45, 7) is -0.0775. The second-order valence-electron chi connectivity index (χ2n) is 6.55. The monoisotopic (exact) mass is 416 g/mol. The van der Waals surface area contributed by atoms with Gasteiger partial charge in [0.2, 0.25) is 0 Å². The molecule has 1 aliphatic heterocycles. The summed E-state index contributed by atoms with van der Waals surface area (Å²) in [5.74, 6) is 0.445. The molecule has 0 aliphatic carbocycles. The molecule has 4 atom stereocenters. The fourth-order valence-corrected chi connectivity index (χ4v) is 3.46. The summed E-state index contributed by atoms with van der Waals surface area (Å²) >= 11 is 6.21. The molecule has 1 aromatic carbocycles. The van der Waals surface area contributed by atoms with Crippen molar-refractivity contribution < 1.29 is 20.1 Å². The molecule has 0 amide bonds. The number of nitrogens with one attached hydrogen (secondary N) is 1. The first kappa shape index (κ1) is 19.5. The van der Waals surface area contributed by atoms with Crippen molar-refractivity contribution in [1.82, 2.24) is 19.5 Å². The Hall–Kier alpha value is -2.81. The minimum absolute atomic E-state index is 0.345. The van der Waals surface area contributed by atoms with Crippen molar-refractivity contribution in [3.63, 3.8) is 0 Å². The molecule has 3 aromatic rings. The molecule has 0 spiro atoms. The first-order valence-electron chi connectivity index (χ1n) is 8.76. The average molecular weight is 417 g/mol. The normalized spacial score (nSPS) is 24.0.